The quantitative estimate of drug-likeness (QED) is 0.760. The molecule has 0 amide bonds. The monoisotopic (exact) mass is 406 g/mol. The molecule has 102 valence electrons. The minimum absolute atomic E-state index is 0.589. The highest BCUT2D eigenvalue weighted by atomic mass is 79.9. The second kappa shape index (κ2) is 6.20. The van der Waals surface area contributed by atoms with Crippen molar-refractivity contribution in [2.24, 2.45) is 0 Å². The van der Waals surface area contributed by atoms with Crippen LogP contribution in [0.25, 0.3) is 0 Å². The highest BCUT2D eigenvalue weighted by Crippen LogP contribution is 2.33. The van der Waals surface area contributed by atoms with Gasteiger partial charge in [0.05, 0.1) is 27.4 Å². The molecule has 19 heavy (non-hydrogen) atoms. The molecule has 0 atom stereocenters. The van der Waals surface area contributed by atoms with E-state index in [2.05, 4.69) is 37.2 Å². The Hall–Kier alpha value is -0.650. The molecule has 0 saturated carbocycles. The van der Waals surface area contributed by atoms with Gasteiger partial charge < -0.3 is 14.6 Å². The van der Waals surface area contributed by atoms with Gasteiger partial charge in [-0.2, -0.15) is 0 Å². The van der Waals surface area contributed by atoms with Crippen molar-refractivity contribution in [3.05, 3.63) is 44.2 Å². The lowest BCUT2D eigenvalue weighted by molar-refractivity contribution is 0.494. The van der Waals surface area contributed by atoms with E-state index in [1.807, 2.05) is 43.3 Å². The summed E-state index contributed by atoms with van der Waals surface area (Å²) in [5.74, 6) is 0.837. The topological polar surface area (TPSA) is 28.4 Å². The highest BCUT2D eigenvalue weighted by Gasteiger charge is 2.10. The molecule has 0 unspecified atom stereocenters. The number of para-hydroxylation sites is 1. The number of hydrogen-bond acceptors (Lipinski definition) is 3. The molecule has 6 heteroatoms. The number of rotatable bonds is 4. The first-order valence-electron chi connectivity index (χ1n) is 5.62. The van der Waals surface area contributed by atoms with E-state index < -0.39 is 0 Å². The van der Waals surface area contributed by atoms with Gasteiger partial charge in [-0.1, -0.05) is 17.7 Å². The van der Waals surface area contributed by atoms with E-state index >= 15 is 0 Å². The first kappa shape index (κ1) is 14.8. The van der Waals surface area contributed by atoms with Gasteiger partial charge in [-0.3, -0.25) is 0 Å². The lowest BCUT2D eigenvalue weighted by Crippen LogP contribution is -2.12. The summed E-state index contributed by atoms with van der Waals surface area (Å²) < 4.78 is 7.13. The zero-order chi connectivity index (χ0) is 14.0. The Balaban J connectivity index is 2.17. The van der Waals surface area contributed by atoms with Crippen LogP contribution in [0.5, 0.6) is 0 Å². The van der Waals surface area contributed by atoms with Crippen LogP contribution in [0.15, 0.2) is 37.8 Å². The number of halogens is 3. The molecule has 0 aliphatic heterocycles. The van der Waals surface area contributed by atoms with Gasteiger partial charge in [0.2, 0.25) is 0 Å². The SMILES string of the molecule is CN(C)c1c(Cl)cccc1NCc1cc(Br)c(Br)o1. The van der Waals surface area contributed by atoms with E-state index in [-0.39, 0.29) is 0 Å². The fourth-order valence-electron chi connectivity index (χ4n) is 1.77. The van der Waals surface area contributed by atoms with Crippen molar-refractivity contribution in [1.82, 2.24) is 0 Å². The Labute approximate surface area is 134 Å². The maximum absolute atomic E-state index is 6.22. The molecule has 2 rings (SSSR count). The molecule has 0 fully saturated rings. The maximum Gasteiger partial charge on any atom is 0.183 e. The lowest BCUT2D eigenvalue weighted by atomic mass is 10.2. The summed E-state index contributed by atoms with van der Waals surface area (Å²) in [6, 6.07) is 7.72. The van der Waals surface area contributed by atoms with Gasteiger partial charge in [0.15, 0.2) is 4.67 Å². The summed E-state index contributed by atoms with van der Waals surface area (Å²) in [5.41, 5.74) is 1.94. The predicted molar refractivity (Wildman–Crippen MR) is 87.2 cm³/mol. The van der Waals surface area contributed by atoms with Crippen molar-refractivity contribution < 1.29 is 4.42 Å². The molecular weight excluding hydrogens is 395 g/mol. The number of hydrogen-bond donors (Lipinski definition) is 1. The number of nitrogens with one attached hydrogen (secondary N) is 1. The van der Waals surface area contributed by atoms with Crippen LogP contribution in [0.4, 0.5) is 11.4 Å². The standard InChI is InChI=1S/C13H13Br2ClN2O/c1-18(2)12-10(16)4-3-5-11(12)17-7-8-6-9(14)13(15)19-8/h3-6,17H,7H2,1-2H3. The number of benzene rings is 1. The molecule has 0 spiro atoms. The smallest absolute Gasteiger partial charge is 0.183 e. The first-order valence-corrected chi connectivity index (χ1v) is 7.59. The third kappa shape index (κ3) is 3.46. The van der Waals surface area contributed by atoms with Crippen molar-refractivity contribution in [1.29, 1.82) is 0 Å². The first-order chi connectivity index (χ1) is 8.99. The molecule has 0 saturated heterocycles. The van der Waals surface area contributed by atoms with Crippen LogP contribution in [-0.2, 0) is 6.54 Å². The molecule has 0 bridgehead atoms. The summed E-state index contributed by atoms with van der Waals surface area (Å²) in [4.78, 5) is 1.98. The second-order valence-electron chi connectivity index (χ2n) is 4.22. The van der Waals surface area contributed by atoms with Crippen molar-refractivity contribution >= 4 is 54.8 Å². The summed E-state index contributed by atoms with van der Waals surface area (Å²) in [6.45, 7) is 0.589. The predicted octanol–water partition coefficient (Wildman–Crippen LogP) is 5.14. The Morgan fingerprint density at radius 2 is 2.05 bits per heavy atom. The Morgan fingerprint density at radius 1 is 1.32 bits per heavy atom. The minimum Gasteiger partial charge on any atom is -0.451 e. The van der Waals surface area contributed by atoms with Crippen LogP contribution in [0, 0.1) is 0 Å². The van der Waals surface area contributed by atoms with Gasteiger partial charge in [-0.05, 0) is 50.1 Å². The molecule has 1 aromatic heterocycles. The highest BCUT2D eigenvalue weighted by molar-refractivity contribution is 9.13. The summed E-state index contributed by atoms with van der Waals surface area (Å²) in [6.07, 6.45) is 0. The molecule has 3 nitrogen and oxygen atoms in total. The third-order valence-corrected chi connectivity index (χ3v) is 4.60. The maximum atomic E-state index is 6.22. The number of nitrogens with zero attached hydrogens (tertiary/aromatic N) is 1. The van der Waals surface area contributed by atoms with Crippen LogP contribution in [0.3, 0.4) is 0 Å². The molecule has 1 aromatic carbocycles. The molecule has 0 aliphatic carbocycles. The Bertz CT molecular complexity index is 565. The van der Waals surface area contributed by atoms with Crippen molar-refractivity contribution in [3.8, 4) is 0 Å². The van der Waals surface area contributed by atoms with Gasteiger partial charge in [-0.15, -0.1) is 0 Å². The molecule has 1 heterocycles. The normalized spacial score (nSPS) is 10.6. The van der Waals surface area contributed by atoms with E-state index in [0.717, 1.165) is 26.6 Å². The van der Waals surface area contributed by atoms with Gasteiger partial charge in [-0.25, -0.2) is 0 Å². The minimum atomic E-state index is 0.589. The average molecular weight is 409 g/mol. The van der Waals surface area contributed by atoms with Crippen LogP contribution in [0.2, 0.25) is 5.02 Å². The van der Waals surface area contributed by atoms with Crippen molar-refractivity contribution in [2.75, 3.05) is 24.3 Å². The van der Waals surface area contributed by atoms with Crippen LogP contribution >= 0.6 is 43.5 Å². The van der Waals surface area contributed by atoms with Gasteiger partial charge in [0.1, 0.15) is 5.76 Å². The van der Waals surface area contributed by atoms with Crippen molar-refractivity contribution in [3.63, 3.8) is 0 Å². The van der Waals surface area contributed by atoms with E-state index in [9.17, 15) is 0 Å². The largest absolute Gasteiger partial charge is 0.451 e. The zero-order valence-electron chi connectivity index (χ0n) is 10.5. The van der Waals surface area contributed by atoms with Crippen molar-refractivity contribution in [2.45, 2.75) is 6.54 Å². The molecule has 0 radical (unpaired) electrons. The molecule has 0 aliphatic rings. The van der Waals surface area contributed by atoms with E-state index in [1.54, 1.807) is 0 Å². The summed E-state index contributed by atoms with van der Waals surface area (Å²) in [5, 5.41) is 4.05. The van der Waals surface area contributed by atoms with E-state index in [0.29, 0.717) is 11.2 Å². The average Bonchev–Trinajstić information content (AvgIpc) is 2.65. The van der Waals surface area contributed by atoms with Gasteiger partial charge in [0.25, 0.3) is 0 Å². The number of furan rings is 1. The molecular formula is C13H13Br2ClN2O. The Kier molecular flexibility index (Phi) is 4.81. The molecule has 2 aromatic rings. The second-order valence-corrected chi connectivity index (χ2v) is 6.20. The van der Waals surface area contributed by atoms with Crippen LogP contribution in [0.1, 0.15) is 5.76 Å². The summed E-state index contributed by atoms with van der Waals surface area (Å²) >= 11 is 12.9. The van der Waals surface area contributed by atoms with Gasteiger partial charge >= 0.3 is 0 Å². The summed E-state index contributed by atoms with van der Waals surface area (Å²) in [7, 11) is 3.93. The van der Waals surface area contributed by atoms with Crippen LogP contribution < -0.4 is 10.2 Å². The van der Waals surface area contributed by atoms with Gasteiger partial charge in [0, 0.05) is 14.1 Å². The third-order valence-electron chi connectivity index (χ3n) is 2.58. The van der Waals surface area contributed by atoms with E-state index in [4.69, 9.17) is 16.0 Å². The fourth-order valence-corrected chi connectivity index (χ4v) is 2.78. The lowest BCUT2D eigenvalue weighted by Gasteiger charge is -2.19. The van der Waals surface area contributed by atoms with E-state index in [1.165, 1.54) is 0 Å². The van der Waals surface area contributed by atoms with Crippen LogP contribution in [-0.4, -0.2) is 14.1 Å². The fraction of sp³-hybridized carbons (Fsp3) is 0.231. The number of anilines is 2. The zero-order valence-corrected chi connectivity index (χ0v) is 14.4. The molecule has 1 N–H and O–H groups in total. The Morgan fingerprint density at radius 3 is 2.63 bits per heavy atom.